The van der Waals surface area contributed by atoms with Crippen LogP contribution in [0.5, 0.6) is 5.88 Å². The third kappa shape index (κ3) is 2.64. The topological polar surface area (TPSA) is 59.4 Å². The Balaban J connectivity index is 1.71. The molecule has 1 aliphatic heterocycles. The van der Waals surface area contributed by atoms with Crippen LogP contribution in [0.15, 0.2) is 30.3 Å². The summed E-state index contributed by atoms with van der Waals surface area (Å²) in [5.74, 6) is 1.39. The molecule has 1 fully saturated rings. The fraction of sp³-hybridized carbons (Fsp3) is 0.375. The SMILES string of the molecule is COc1cc(NC2CCN(c3ccc(C)cc3)C2=O)nn1C. The Labute approximate surface area is 129 Å². The van der Waals surface area contributed by atoms with Gasteiger partial charge in [0.05, 0.1) is 7.11 Å². The van der Waals surface area contributed by atoms with Crippen LogP contribution in [-0.4, -0.2) is 35.4 Å². The van der Waals surface area contributed by atoms with Gasteiger partial charge in [0.15, 0.2) is 5.82 Å². The van der Waals surface area contributed by atoms with Gasteiger partial charge in [0, 0.05) is 25.3 Å². The molecule has 3 rings (SSSR count). The quantitative estimate of drug-likeness (QED) is 0.937. The van der Waals surface area contributed by atoms with E-state index in [-0.39, 0.29) is 11.9 Å². The first kappa shape index (κ1) is 14.4. The fourth-order valence-corrected chi connectivity index (χ4v) is 2.69. The number of carbonyl (C=O) groups excluding carboxylic acids is 1. The predicted octanol–water partition coefficient (Wildman–Crippen LogP) is 1.95. The summed E-state index contributed by atoms with van der Waals surface area (Å²) in [5.41, 5.74) is 2.13. The van der Waals surface area contributed by atoms with Crippen molar-refractivity contribution in [1.82, 2.24) is 9.78 Å². The molecule has 1 aromatic heterocycles. The highest BCUT2D eigenvalue weighted by atomic mass is 16.5. The first-order valence-corrected chi connectivity index (χ1v) is 7.31. The molecule has 1 aromatic carbocycles. The molecule has 116 valence electrons. The summed E-state index contributed by atoms with van der Waals surface area (Å²) >= 11 is 0. The van der Waals surface area contributed by atoms with E-state index < -0.39 is 0 Å². The lowest BCUT2D eigenvalue weighted by atomic mass is 10.2. The van der Waals surface area contributed by atoms with Gasteiger partial charge >= 0.3 is 0 Å². The molecule has 0 spiro atoms. The van der Waals surface area contributed by atoms with E-state index in [1.54, 1.807) is 24.9 Å². The van der Waals surface area contributed by atoms with E-state index in [1.165, 1.54) is 5.56 Å². The van der Waals surface area contributed by atoms with Crippen molar-refractivity contribution in [3.8, 4) is 5.88 Å². The van der Waals surface area contributed by atoms with Gasteiger partial charge in [-0.15, -0.1) is 0 Å². The molecular weight excluding hydrogens is 280 g/mol. The predicted molar refractivity (Wildman–Crippen MR) is 85.3 cm³/mol. The van der Waals surface area contributed by atoms with Gasteiger partial charge in [-0.05, 0) is 25.5 Å². The summed E-state index contributed by atoms with van der Waals surface area (Å²) in [6, 6.07) is 9.56. The maximum atomic E-state index is 12.6. The van der Waals surface area contributed by atoms with E-state index in [0.717, 1.165) is 12.1 Å². The van der Waals surface area contributed by atoms with Crippen LogP contribution < -0.4 is 15.0 Å². The molecule has 0 saturated carbocycles. The van der Waals surface area contributed by atoms with Crippen molar-refractivity contribution in [2.75, 3.05) is 23.9 Å². The number of rotatable bonds is 4. The molecule has 0 aliphatic carbocycles. The summed E-state index contributed by atoms with van der Waals surface area (Å²) in [5, 5.41) is 7.49. The minimum absolute atomic E-state index is 0.0773. The highest BCUT2D eigenvalue weighted by Gasteiger charge is 2.33. The van der Waals surface area contributed by atoms with Gasteiger partial charge < -0.3 is 15.0 Å². The van der Waals surface area contributed by atoms with Crippen molar-refractivity contribution in [2.24, 2.45) is 7.05 Å². The molecular formula is C16H20N4O2. The summed E-state index contributed by atoms with van der Waals surface area (Å²) in [6.45, 7) is 2.75. The molecule has 0 bridgehead atoms. The number of aryl methyl sites for hydroxylation is 2. The Morgan fingerprint density at radius 1 is 1.32 bits per heavy atom. The number of amides is 1. The summed E-state index contributed by atoms with van der Waals surface area (Å²) < 4.78 is 6.82. The number of aromatic nitrogens is 2. The molecule has 1 N–H and O–H groups in total. The van der Waals surface area contributed by atoms with Crippen LogP contribution in [0.25, 0.3) is 0 Å². The van der Waals surface area contributed by atoms with E-state index in [2.05, 4.69) is 10.4 Å². The number of methoxy groups -OCH3 is 1. The number of hydrogen-bond donors (Lipinski definition) is 1. The molecule has 1 aliphatic rings. The zero-order valence-corrected chi connectivity index (χ0v) is 13.0. The summed E-state index contributed by atoms with van der Waals surface area (Å²) in [6.07, 6.45) is 0.756. The monoisotopic (exact) mass is 300 g/mol. The van der Waals surface area contributed by atoms with E-state index in [1.807, 2.05) is 36.1 Å². The number of benzene rings is 1. The lowest BCUT2D eigenvalue weighted by Crippen LogP contribution is -2.33. The van der Waals surface area contributed by atoms with Gasteiger partial charge in [0.1, 0.15) is 6.04 Å². The number of nitrogens with zero attached hydrogens (tertiary/aromatic N) is 3. The summed E-state index contributed by atoms with van der Waals surface area (Å²) in [4.78, 5) is 14.4. The third-order valence-corrected chi connectivity index (χ3v) is 3.92. The van der Waals surface area contributed by atoms with Crippen molar-refractivity contribution in [1.29, 1.82) is 0 Å². The average molecular weight is 300 g/mol. The first-order chi connectivity index (χ1) is 10.6. The normalized spacial score (nSPS) is 17.9. The molecule has 1 saturated heterocycles. The van der Waals surface area contributed by atoms with Gasteiger partial charge in [-0.25, -0.2) is 4.68 Å². The zero-order valence-electron chi connectivity index (χ0n) is 13.0. The van der Waals surface area contributed by atoms with Gasteiger partial charge in [0.2, 0.25) is 11.8 Å². The van der Waals surface area contributed by atoms with E-state index >= 15 is 0 Å². The van der Waals surface area contributed by atoms with Crippen LogP contribution in [-0.2, 0) is 11.8 Å². The van der Waals surface area contributed by atoms with Crippen LogP contribution in [0.2, 0.25) is 0 Å². The Morgan fingerprint density at radius 3 is 2.68 bits per heavy atom. The van der Waals surface area contributed by atoms with Crippen molar-refractivity contribution < 1.29 is 9.53 Å². The lowest BCUT2D eigenvalue weighted by molar-refractivity contribution is -0.117. The third-order valence-electron chi connectivity index (χ3n) is 3.92. The second kappa shape index (κ2) is 5.71. The Hall–Kier alpha value is -2.50. The van der Waals surface area contributed by atoms with E-state index in [4.69, 9.17) is 4.74 Å². The number of carbonyl (C=O) groups is 1. The largest absolute Gasteiger partial charge is 0.481 e. The molecule has 6 nitrogen and oxygen atoms in total. The van der Waals surface area contributed by atoms with Gasteiger partial charge in [-0.2, -0.15) is 5.10 Å². The standard InChI is InChI=1S/C16H20N4O2/c1-11-4-6-12(7-5-11)20-9-8-13(16(20)21)17-14-10-15(22-3)19(2)18-14/h4-7,10,13H,8-9H2,1-3H3,(H,17,18). The number of hydrogen-bond acceptors (Lipinski definition) is 4. The van der Waals surface area contributed by atoms with Gasteiger partial charge in [-0.3, -0.25) is 4.79 Å². The average Bonchev–Trinajstić information content (AvgIpc) is 3.04. The second-order valence-electron chi connectivity index (χ2n) is 5.51. The van der Waals surface area contributed by atoms with Crippen LogP contribution in [0, 0.1) is 6.92 Å². The maximum absolute atomic E-state index is 12.6. The van der Waals surface area contributed by atoms with Crippen LogP contribution >= 0.6 is 0 Å². The highest BCUT2D eigenvalue weighted by Crippen LogP contribution is 2.24. The Morgan fingerprint density at radius 2 is 2.05 bits per heavy atom. The molecule has 1 amide bonds. The molecule has 6 heteroatoms. The smallest absolute Gasteiger partial charge is 0.249 e. The van der Waals surface area contributed by atoms with Crippen molar-refractivity contribution in [3.63, 3.8) is 0 Å². The fourth-order valence-electron chi connectivity index (χ4n) is 2.69. The van der Waals surface area contributed by atoms with Crippen molar-refractivity contribution >= 4 is 17.4 Å². The lowest BCUT2D eigenvalue weighted by Gasteiger charge is -2.17. The molecule has 2 heterocycles. The molecule has 22 heavy (non-hydrogen) atoms. The Kier molecular flexibility index (Phi) is 3.75. The van der Waals surface area contributed by atoms with Crippen LogP contribution in [0.3, 0.4) is 0 Å². The minimum Gasteiger partial charge on any atom is -0.481 e. The zero-order chi connectivity index (χ0) is 15.7. The highest BCUT2D eigenvalue weighted by molar-refractivity contribution is 6.00. The number of nitrogens with one attached hydrogen (secondary N) is 1. The second-order valence-corrected chi connectivity index (χ2v) is 5.51. The van der Waals surface area contributed by atoms with Crippen LogP contribution in [0.1, 0.15) is 12.0 Å². The van der Waals surface area contributed by atoms with E-state index in [9.17, 15) is 4.79 Å². The van der Waals surface area contributed by atoms with Crippen molar-refractivity contribution in [2.45, 2.75) is 19.4 Å². The Bertz CT molecular complexity index is 678. The van der Waals surface area contributed by atoms with Gasteiger partial charge in [-0.1, -0.05) is 17.7 Å². The molecule has 1 atom stereocenters. The summed E-state index contributed by atoms with van der Waals surface area (Å²) in [7, 11) is 3.40. The van der Waals surface area contributed by atoms with Crippen molar-refractivity contribution in [3.05, 3.63) is 35.9 Å². The maximum Gasteiger partial charge on any atom is 0.249 e. The molecule has 1 unspecified atom stereocenters. The van der Waals surface area contributed by atoms with E-state index in [0.29, 0.717) is 18.2 Å². The minimum atomic E-state index is -0.249. The number of anilines is 2. The first-order valence-electron chi connectivity index (χ1n) is 7.31. The van der Waals surface area contributed by atoms with Crippen LogP contribution in [0.4, 0.5) is 11.5 Å². The molecule has 2 aromatic rings. The number of ether oxygens (including phenoxy) is 1. The molecule has 0 radical (unpaired) electrons. The van der Waals surface area contributed by atoms with Gasteiger partial charge in [0.25, 0.3) is 0 Å².